The first kappa shape index (κ1) is 12.5. The highest BCUT2D eigenvalue weighted by Gasteiger charge is 2.11. The molecule has 0 bridgehead atoms. The summed E-state index contributed by atoms with van der Waals surface area (Å²) < 4.78 is 20.9. The topological polar surface area (TPSA) is 29.9 Å². The predicted octanol–water partition coefficient (Wildman–Crippen LogP) is 3.53. The summed E-state index contributed by atoms with van der Waals surface area (Å²) in [5.74, 6) is -0.456. The number of benzene rings is 1. The third-order valence-corrected chi connectivity index (χ3v) is 3.27. The molecule has 0 aliphatic heterocycles. The zero-order chi connectivity index (χ0) is 12.6. The number of ether oxygens (including phenoxy) is 1. The van der Waals surface area contributed by atoms with Gasteiger partial charge in [0.1, 0.15) is 5.82 Å². The van der Waals surface area contributed by atoms with Crippen LogP contribution in [0.1, 0.15) is 6.92 Å². The largest absolute Gasteiger partial charge is 0.380 e. The Morgan fingerprint density at radius 1 is 1.59 bits per heavy atom. The van der Waals surface area contributed by atoms with Gasteiger partial charge in [0.2, 0.25) is 0 Å². The number of rotatable bonds is 3. The van der Waals surface area contributed by atoms with Gasteiger partial charge in [-0.15, -0.1) is 0 Å². The van der Waals surface area contributed by atoms with E-state index in [1.165, 1.54) is 6.07 Å². The maximum absolute atomic E-state index is 13.3. The molecule has 92 valence electrons. The van der Waals surface area contributed by atoms with E-state index in [1.54, 1.807) is 13.2 Å². The number of imidazole rings is 1. The summed E-state index contributed by atoms with van der Waals surface area (Å²) in [6.45, 7) is 2.53. The molecule has 1 unspecified atom stereocenters. The Kier molecular flexibility index (Phi) is 3.51. The number of aromatic amines is 1. The summed E-state index contributed by atoms with van der Waals surface area (Å²) in [6, 6.07) is 2.92. The Bertz CT molecular complexity index is 607. The van der Waals surface area contributed by atoms with Crippen molar-refractivity contribution in [3.05, 3.63) is 27.7 Å². The zero-order valence-corrected chi connectivity index (χ0v) is 11.0. The zero-order valence-electron chi connectivity index (χ0n) is 9.46. The highest BCUT2D eigenvalue weighted by Crippen LogP contribution is 2.23. The summed E-state index contributed by atoms with van der Waals surface area (Å²) >= 11 is 11.0. The number of nitrogens with one attached hydrogen (secondary N) is 1. The van der Waals surface area contributed by atoms with E-state index in [9.17, 15) is 4.39 Å². The maximum atomic E-state index is 13.3. The Morgan fingerprint density at radius 2 is 2.29 bits per heavy atom. The third-order valence-electron chi connectivity index (χ3n) is 2.66. The fourth-order valence-electron chi connectivity index (χ4n) is 1.66. The summed E-state index contributed by atoms with van der Waals surface area (Å²) in [6.07, 6.45) is 0.0181. The second-order valence-corrected chi connectivity index (χ2v) is 4.66. The number of nitrogens with zero attached hydrogens (tertiary/aromatic N) is 1. The van der Waals surface area contributed by atoms with Crippen molar-refractivity contribution in [3.8, 4) is 0 Å². The predicted molar refractivity (Wildman–Crippen MR) is 68.6 cm³/mol. The number of halogens is 2. The highest BCUT2D eigenvalue weighted by molar-refractivity contribution is 7.71. The average Bonchev–Trinajstić information content (AvgIpc) is 2.56. The van der Waals surface area contributed by atoms with Crippen LogP contribution >= 0.6 is 23.8 Å². The van der Waals surface area contributed by atoms with Crippen LogP contribution in [0.15, 0.2) is 12.1 Å². The highest BCUT2D eigenvalue weighted by atomic mass is 35.5. The van der Waals surface area contributed by atoms with Crippen LogP contribution in [0.2, 0.25) is 5.02 Å². The normalized spacial score (nSPS) is 13.2. The summed E-state index contributed by atoms with van der Waals surface area (Å²) in [7, 11) is 1.63. The van der Waals surface area contributed by atoms with Gasteiger partial charge in [0.15, 0.2) is 4.77 Å². The first-order valence-electron chi connectivity index (χ1n) is 5.13. The van der Waals surface area contributed by atoms with Crippen LogP contribution < -0.4 is 0 Å². The molecule has 0 saturated heterocycles. The van der Waals surface area contributed by atoms with E-state index in [-0.39, 0.29) is 11.1 Å². The van der Waals surface area contributed by atoms with Crippen LogP contribution in [0.3, 0.4) is 0 Å². The Hall–Kier alpha value is -0.910. The minimum absolute atomic E-state index is 0.0181. The molecule has 1 N–H and O–H groups in total. The van der Waals surface area contributed by atoms with E-state index in [0.29, 0.717) is 16.8 Å². The average molecular weight is 275 g/mol. The van der Waals surface area contributed by atoms with Gasteiger partial charge < -0.3 is 14.3 Å². The van der Waals surface area contributed by atoms with Crippen LogP contribution in [0.5, 0.6) is 0 Å². The van der Waals surface area contributed by atoms with Crippen molar-refractivity contribution >= 4 is 34.9 Å². The summed E-state index contributed by atoms with van der Waals surface area (Å²) in [5.41, 5.74) is 1.42. The van der Waals surface area contributed by atoms with Crippen LogP contribution in [0.25, 0.3) is 11.0 Å². The van der Waals surface area contributed by atoms with Crippen molar-refractivity contribution in [2.75, 3.05) is 7.11 Å². The van der Waals surface area contributed by atoms with Crippen molar-refractivity contribution < 1.29 is 9.13 Å². The molecule has 1 aromatic carbocycles. The molecule has 1 heterocycles. The lowest BCUT2D eigenvalue weighted by atomic mass is 10.3. The molecule has 17 heavy (non-hydrogen) atoms. The van der Waals surface area contributed by atoms with Gasteiger partial charge >= 0.3 is 0 Å². The Morgan fingerprint density at radius 3 is 2.94 bits per heavy atom. The smallest absolute Gasteiger partial charge is 0.178 e. The van der Waals surface area contributed by atoms with E-state index in [0.717, 1.165) is 5.52 Å². The molecule has 0 spiro atoms. The molecule has 0 radical (unpaired) electrons. The number of hydrogen-bond donors (Lipinski definition) is 1. The molecule has 0 saturated carbocycles. The lowest BCUT2D eigenvalue weighted by Gasteiger charge is -2.11. The maximum Gasteiger partial charge on any atom is 0.178 e. The monoisotopic (exact) mass is 274 g/mol. The molecule has 0 aliphatic rings. The standard InChI is InChI=1S/C11H12ClFN2OS/c1-6(16-2)5-15-10-3-7(12)8(13)4-9(10)14-11(15)17/h3-4,6H,5H2,1-2H3,(H,14,17). The van der Waals surface area contributed by atoms with Crippen molar-refractivity contribution in [1.29, 1.82) is 0 Å². The molecular formula is C11H12ClFN2OS. The number of aromatic nitrogens is 2. The summed E-state index contributed by atoms with van der Waals surface area (Å²) in [5, 5.41) is 0.0883. The lowest BCUT2D eigenvalue weighted by molar-refractivity contribution is 0.104. The number of hydrogen-bond acceptors (Lipinski definition) is 2. The van der Waals surface area contributed by atoms with Crippen molar-refractivity contribution in [3.63, 3.8) is 0 Å². The molecule has 0 fully saturated rings. The van der Waals surface area contributed by atoms with Gasteiger partial charge in [-0.2, -0.15) is 0 Å². The van der Waals surface area contributed by atoms with E-state index in [1.807, 2.05) is 11.5 Å². The van der Waals surface area contributed by atoms with Crippen molar-refractivity contribution in [2.24, 2.45) is 0 Å². The SMILES string of the molecule is COC(C)Cn1c(=S)[nH]c2cc(F)c(Cl)cc21. The van der Waals surface area contributed by atoms with E-state index in [2.05, 4.69) is 4.98 Å². The summed E-state index contributed by atoms with van der Waals surface area (Å²) in [4.78, 5) is 2.95. The van der Waals surface area contributed by atoms with Gasteiger partial charge in [0, 0.05) is 13.2 Å². The second kappa shape index (κ2) is 4.76. The molecule has 6 heteroatoms. The number of methoxy groups -OCH3 is 1. The Balaban J connectivity index is 2.58. The quantitative estimate of drug-likeness (QED) is 0.868. The van der Waals surface area contributed by atoms with E-state index < -0.39 is 5.82 Å². The van der Waals surface area contributed by atoms with Crippen LogP contribution in [-0.2, 0) is 11.3 Å². The first-order chi connectivity index (χ1) is 8.02. The van der Waals surface area contributed by atoms with Crippen LogP contribution in [-0.4, -0.2) is 22.8 Å². The van der Waals surface area contributed by atoms with Crippen LogP contribution in [0.4, 0.5) is 4.39 Å². The first-order valence-corrected chi connectivity index (χ1v) is 5.92. The molecule has 0 aliphatic carbocycles. The molecule has 1 atom stereocenters. The fraction of sp³-hybridized carbons (Fsp3) is 0.364. The molecular weight excluding hydrogens is 263 g/mol. The van der Waals surface area contributed by atoms with Gasteiger partial charge in [0.05, 0.1) is 28.7 Å². The third kappa shape index (κ3) is 2.36. The lowest BCUT2D eigenvalue weighted by Crippen LogP contribution is -2.14. The number of H-pyrrole nitrogens is 1. The Labute approximate surface area is 108 Å². The van der Waals surface area contributed by atoms with Gasteiger partial charge in [-0.05, 0) is 25.2 Å². The number of fused-ring (bicyclic) bond motifs is 1. The fourth-order valence-corrected chi connectivity index (χ4v) is 2.11. The van der Waals surface area contributed by atoms with Gasteiger partial charge in [-0.1, -0.05) is 11.6 Å². The molecule has 3 nitrogen and oxygen atoms in total. The van der Waals surface area contributed by atoms with Crippen LogP contribution in [0, 0.1) is 10.6 Å². The molecule has 2 rings (SSSR count). The second-order valence-electron chi connectivity index (χ2n) is 3.87. The molecule has 0 amide bonds. The van der Waals surface area contributed by atoms with Gasteiger partial charge in [-0.25, -0.2) is 4.39 Å². The minimum Gasteiger partial charge on any atom is -0.380 e. The van der Waals surface area contributed by atoms with Crippen molar-refractivity contribution in [1.82, 2.24) is 9.55 Å². The van der Waals surface area contributed by atoms with Crippen molar-refractivity contribution in [2.45, 2.75) is 19.6 Å². The van der Waals surface area contributed by atoms with Gasteiger partial charge in [0.25, 0.3) is 0 Å². The molecule has 2 aromatic rings. The van der Waals surface area contributed by atoms with E-state index in [4.69, 9.17) is 28.6 Å². The molecule has 1 aromatic heterocycles. The van der Waals surface area contributed by atoms with Gasteiger partial charge in [-0.3, -0.25) is 0 Å². The minimum atomic E-state index is -0.456. The van der Waals surface area contributed by atoms with E-state index >= 15 is 0 Å².